The summed E-state index contributed by atoms with van der Waals surface area (Å²) in [7, 11) is -3.79. The molecule has 22 heavy (non-hydrogen) atoms. The van der Waals surface area contributed by atoms with E-state index in [0.29, 0.717) is 15.7 Å². The van der Waals surface area contributed by atoms with Crippen molar-refractivity contribution >= 4 is 42.7 Å². The molecule has 0 spiro atoms. The van der Waals surface area contributed by atoms with Crippen LogP contribution in [0.2, 0.25) is 0 Å². The molecular weight excluding hydrogens is 372 g/mol. The highest BCUT2D eigenvalue weighted by Crippen LogP contribution is 2.26. The van der Waals surface area contributed by atoms with Crippen LogP contribution >= 0.6 is 15.9 Å². The first-order chi connectivity index (χ1) is 10.3. The molecule has 0 atom stereocenters. The maximum absolute atomic E-state index is 12.4. The maximum atomic E-state index is 12.4. The average Bonchev–Trinajstić information content (AvgIpc) is 2.81. The Bertz CT molecular complexity index is 1020. The normalized spacial score (nSPS) is 11.7. The van der Waals surface area contributed by atoms with Gasteiger partial charge >= 0.3 is 5.76 Å². The lowest BCUT2D eigenvalue weighted by molar-refractivity contribution is 0.554. The van der Waals surface area contributed by atoms with Gasteiger partial charge in [0, 0.05) is 10.5 Å². The molecule has 0 saturated heterocycles. The topological polar surface area (TPSA) is 92.2 Å². The Kier molecular flexibility index (Phi) is 3.57. The van der Waals surface area contributed by atoms with E-state index in [1.54, 1.807) is 12.1 Å². The zero-order valence-electron chi connectivity index (χ0n) is 11.4. The fourth-order valence-electron chi connectivity index (χ4n) is 2.00. The second-order valence-electron chi connectivity index (χ2n) is 4.76. The second-order valence-corrected chi connectivity index (χ2v) is 7.30. The summed E-state index contributed by atoms with van der Waals surface area (Å²) in [6.07, 6.45) is 0. The SMILES string of the molecule is Cc1ccc(NS(=O)(=O)c2ccc3[nH]c(=O)oc3c2)c(Br)c1. The smallest absolute Gasteiger partial charge is 0.408 e. The van der Waals surface area contributed by atoms with Gasteiger partial charge in [-0.05, 0) is 52.7 Å². The molecule has 8 heteroatoms. The second kappa shape index (κ2) is 5.29. The fourth-order valence-corrected chi connectivity index (χ4v) is 3.82. The molecule has 3 rings (SSSR count). The highest BCUT2D eigenvalue weighted by molar-refractivity contribution is 9.10. The van der Waals surface area contributed by atoms with Gasteiger partial charge in [0.15, 0.2) is 5.58 Å². The number of aromatic amines is 1. The van der Waals surface area contributed by atoms with E-state index in [0.717, 1.165) is 5.56 Å². The van der Waals surface area contributed by atoms with E-state index < -0.39 is 15.8 Å². The molecule has 1 aromatic heterocycles. The molecular formula is C14H11BrN2O4S. The molecule has 1 heterocycles. The third kappa shape index (κ3) is 2.79. The number of oxazole rings is 1. The largest absolute Gasteiger partial charge is 0.417 e. The Morgan fingerprint density at radius 1 is 1.18 bits per heavy atom. The van der Waals surface area contributed by atoms with Crippen LogP contribution in [0.5, 0.6) is 0 Å². The number of hydrogen-bond acceptors (Lipinski definition) is 4. The number of hydrogen-bond donors (Lipinski definition) is 2. The number of fused-ring (bicyclic) bond motifs is 1. The van der Waals surface area contributed by atoms with Crippen molar-refractivity contribution in [1.29, 1.82) is 0 Å². The molecule has 0 aliphatic carbocycles. The summed E-state index contributed by atoms with van der Waals surface area (Å²) in [5.74, 6) is -0.626. The summed E-state index contributed by atoms with van der Waals surface area (Å²) in [4.78, 5) is 13.6. The minimum atomic E-state index is -3.79. The zero-order chi connectivity index (χ0) is 15.9. The van der Waals surface area contributed by atoms with Crippen LogP contribution in [0.25, 0.3) is 11.1 Å². The first kappa shape index (κ1) is 14.9. The predicted octanol–water partition coefficient (Wildman–Crippen LogP) is 2.99. The average molecular weight is 383 g/mol. The van der Waals surface area contributed by atoms with Gasteiger partial charge < -0.3 is 4.42 Å². The Hall–Kier alpha value is -2.06. The van der Waals surface area contributed by atoms with Gasteiger partial charge in [-0.3, -0.25) is 9.71 Å². The minimum Gasteiger partial charge on any atom is -0.408 e. The van der Waals surface area contributed by atoms with E-state index in [4.69, 9.17) is 4.42 Å². The van der Waals surface area contributed by atoms with Crippen molar-refractivity contribution in [3.63, 3.8) is 0 Å². The molecule has 0 bridgehead atoms. The van der Waals surface area contributed by atoms with Gasteiger partial charge in [0.25, 0.3) is 10.0 Å². The number of H-pyrrole nitrogens is 1. The van der Waals surface area contributed by atoms with E-state index >= 15 is 0 Å². The third-order valence-corrected chi connectivity index (χ3v) is 5.09. The molecule has 0 saturated carbocycles. The Morgan fingerprint density at radius 2 is 1.95 bits per heavy atom. The van der Waals surface area contributed by atoms with Crippen LogP contribution in [0, 0.1) is 6.92 Å². The number of aryl methyl sites for hydroxylation is 1. The van der Waals surface area contributed by atoms with E-state index in [2.05, 4.69) is 25.6 Å². The quantitative estimate of drug-likeness (QED) is 0.727. The molecule has 6 nitrogen and oxygen atoms in total. The van der Waals surface area contributed by atoms with Crippen LogP contribution in [0.15, 0.2) is 55.0 Å². The van der Waals surface area contributed by atoms with Crippen LogP contribution in [0.3, 0.4) is 0 Å². The molecule has 0 fully saturated rings. The molecule has 2 N–H and O–H groups in total. The monoisotopic (exact) mass is 382 g/mol. The lowest BCUT2D eigenvalue weighted by atomic mass is 10.2. The van der Waals surface area contributed by atoms with Gasteiger partial charge in [-0.1, -0.05) is 6.07 Å². The highest BCUT2D eigenvalue weighted by Gasteiger charge is 2.17. The van der Waals surface area contributed by atoms with Crippen molar-refractivity contribution in [2.45, 2.75) is 11.8 Å². The number of nitrogens with one attached hydrogen (secondary N) is 2. The Labute approximate surface area is 134 Å². The van der Waals surface area contributed by atoms with Gasteiger partial charge in [0.2, 0.25) is 0 Å². The van der Waals surface area contributed by atoms with Gasteiger partial charge in [-0.25, -0.2) is 13.2 Å². The van der Waals surface area contributed by atoms with Crippen LogP contribution < -0.4 is 10.5 Å². The van der Waals surface area contributed by atoms with E-state index in [1.807, 2.05) is 13.0 Å². The summed E-state index contributed by atoms with van der Waals surface area (Å²) in [6, 6.07) is 9.48. The third-order valence-electron chi connectivity index (χ3n) is 3.07. The standard InChI is InChI=1S/C14H11BrN2O4S/c1-8-2-4-11(10(15)6-8)17-22(19,20)9-3-5-12-13(7-9)21-14(18)16-12/h2-7,17H,1H3,(H,16,18). The fraction of sp³-hybridized carbons (Fsp3) is 0.0714. The maximum Gasteiger partial charge on any atom is 0.417 e. The van der Waals surface area contributed by atoms with E-state index in [9.17, 15) is 13.2 Å². The van der Waals surface area contributed by atoms with Crippen molar-refractivity contribution in [3.05, 3.63) is 57.0 Å². The minimum absolute atomic E-state index is 0.00947. The van der Waals surface area contributed by atoms with Crippen LogP contribution in [-0.2, 0) is 10.0 Å². The van der Waals surface area contributed by atoms with Crippen LogP contribution in [0.1, 0.15) is 5.56 Å². The van der Waals surface area contributed by atoms with Crippen molar-refractivity contribution in [2.75, 3.05) is 4.72 Å². The number of benzene rings is 2. The lowest BCUT2D eigenvalue weighted by Crippen LogP contribution is -2.13. The molecule has 3 aromatic rings. The molecule has 2 aromatic carbocycles. The van der Waals surface area contributed by atoms with E-state index in [1.165, 1.54) is 18.2 Å². The Morgan fingerprint density at radius 3 is 2.68 bits per heavy atom. The summed E-state index contributed by atoms with van der Waals surface area (Å²) in [6.45, 7) is 1.91. The van der Waals surface area contributed by atoms with Gasteiger partial charge in [0.05, 0.1) is 16.1 Å². The number of anilines is 1. The first-order valence-corrected chi connectivity index (χ1v) is 8.55. The van der Waals surface area contributed by atoms with Gasteiger partial charge in [0.1, 0.15) is 0 Å². The Balaban J connectivity index is 2.01. The highest BCUT2D eigenvalue weighted by atomic mass is 79.9. The van der Waals surface area contributed by atoms with Crippen molar-refractivity contribution in [2.24, 2.45) is 0 Å². The van der Waals surface area contributed by atoms with Crippen LogP contribution in [0.4, 0.5) is 5.69 Å². The van der Waals surface area contributed by atoms with Gasteiger partial charge in [-0.15, -0.1) is 0 Å². The zero-order valence-corrected chi connectivity index (χ0v) is 13.8. The number of sulfonamides is 1. The predicted molar refractivity (Wildman–Crippen MR) is 86.5 cm³/mol. The van der Waals surface area contributed by atoms with Crippen LogP contribution in [-0.4, -0.2) is 13.4 Å². The number of aromatic nitrogens is 1. The van der Waals surface area contributed by atoms with Gasteiger partial charge in [-0.2, -0.15) is 0 Å². The molecule has 0 unspecified atom stereocenters. The molecule has 0 amide bonds. The van der Waals surface area contributed by atoms with E-state index in [-0.39, 0.29) is 10.5 Å². The molecule has 114 valence electrons. The molecule has 0 aliphatic rings. The molecule has 0 radical (unpaired) electrons. The van der Waals surface area contributed by atoms with Crippen molar-refractivity contribution in [1.82, 2.24) is 4.98 Å². The summed E-state index contributed by atoms with van der Waals surface area (Å²) >= 11 is 3.32. The lowest BCUT2D eigenvalue weighted by Gasteiger charge is -2.10. The number of rotatable bonds is 3. The first-order valence-electron chi connectivity index (χ1n) is 6.27. The molecule has 0 aliphatic heterocycles. The summed E-state index contributed by atoms with van der Waals surface area (Å²) < 4.78 is 32.9. The summed E-state index contributed by atoms with van der Waals surface area (Å²) in [5, 5.41) is 0. The van der Waals surface area contributed by atoms with Crippen molar-refractivity contribution in [3.8, 4) is 0 Å². The number of halogens is 1. The van der Waals surface area contributed by atoms with Crippen molar-refractivity contribution < 1.29 is 12.8 Å². The summed E-state index contributed by atoms with van der Waals surface area (Å²) in [5.41, 5.74) is 2.07.